The van der Waals surface area contributed by atoms with Crippen LogP contribution in [0, 0.1) is 0 Å². The summed E-state index contributed by atoms with van der Waals surface area (Å²) in [6.45, 7) is 1.92. The Labute approximate surface area is 106 Å². The Morgan fingerprint density at radius 3 is 2.61 bits per heavy atom. The largest absolute Gasteiger partial charge is 0.314 e. The standard InChI is InChI=1S/C15H15NO2/c1-10-7-11(17)9-15(8-10)12-5-3-4-6-13(12)16(2)14(15)18/h3-7H,8-9H2,1-2H3/t15-/m0/s1. The van der Waals surface area contributed by atoms with Crippen molar-refractivity contribution in [3.8, 4) is 0 Å². The molecule has 0 radical (unpaired) electrons. The Morgan fingerprint density at radius 1 is 1.17 bits per heavy atom. The van der Waals surface area contributed by atoms with Crippen molar-refractivity contribution >= 4 is 17.4 Å². The van der Waals surface area contributed by atoms with Gasteiger partial charge in [0.05, 0.1) is 5.41 Å². The molecule has 1 aromatic rings. The third-order valence-electron chi connectivity index (χ3n) is 3.96. The van der Waals surface area contributed by atoms with Crippen molar-refractivity contribution in [1.82, 2.24) is 0 Å². The summed E-state index contributed by atoms with van der Waals surface area (Å²) in [6.07, 6.45) is 2.61. The van der Waals surface area contributed by atoms with E-state index in [9.17, 15) is 9.59 Å². The van der Waals surface area contributed by atoms with Gasteiger partial charge in [-0.1, -0.05) is 23.8 Å². The Kier molecular flexibility index (Phi) is 2.21. The van der Waals surface area contributed by atoms with Gasteiger partial charge in [-0.2, -0.15) is 0 Å². The van der Waals surface area contributed by atoms with Gasteiger partial charge in [0.15, 0.2) is 5.78 Å². The minimum Gasteiger partial charge on any atom is -0.314 e. The third-order valence-corrected chi connectivity index (χ3v) is 3.96. The zero-order valence-electron chi connectivity index (χ0n) is 10.6. The van der Waals surface area contributed by atoms with Gasteiger partial charge in [-0.05, 0) is 31.1 Å². The van der Waals surface area contributed by atoms with E-state index in [2.05, 4.69) is 0 Å². The van der Waals surface area contributed by atoms with Crippen LogP contribution >= 0.6 is 0 Å². The van der Waals surface area contributed by atoms with Crippen molar-refractivity contribution in [2.75, 3.05) is 11.9 Å². The molecular formula is C15H15NO2. The molecule has 1 aliphatic heterocycles. The smallest absolute Gasteiger partial charge is 0.238 e. The molecule has 0 saturated heterocycles. The molecule has 1 spiro atoms. The number of likely N-dealkylation sites (N-methyl/N-ethyl adjacent to an activating group) is 1. The summed E-state index contributed by atoms with van der Waals surface area (Å²) in [4.78, 5) is 26.1. The number of carbonyl (C=O) groups excluding carboxylic acids is 2. The topological polar surface area (TPSA) is 37.4 Å². The van der Waals surface area contributed by atoms with E-state index in [-0.39, 0.29) is 11.7 Å². The molecule has 18 heavy (non-hydrogen) atoms. The molecule has 3 rings (SSSR count). The van der Waals surface area contributed by atoms with Crippen LogP contribution in [0.2, 0.25) is 0 Å². The van der Waals surface area contributed by atoms with Gasteiger partial charge < -0.3 is 4.90 Å². The number of carbonyl (C=O) groups is 2. The summed E-state index contributed by atoms with van der Waals surface area (Å²) in [5.74, 6) is 0.0988. The predicted molar refractivity (Wildman–Crippen MR) is 69.5 cm³/mol. The van der Waals surface area contributed by atoms with Crippen LogP contribution in [0.25, 0.3) is 0 Å². The van der Waals surface area contributed by atoms with E-state index in [1.165, 1.54) is 0 Å². The van der Waals surface area contributed by atoms with E-state index in [1.54, 1.807) is 18.0 Å². The van der Waals surface area contributed by atoms with Crippen molar-refractivity contribution in [3.63, 3.8) is 0 Å². The maximum absolute atomic E-state index is 12.6. The minimum atomic E-state index is -0.652. The number of para-hydroxylation sites is 1. The third kappa shape index (κ3) is 1.30. The summed E-state index contributed by atoms with van der Waals surface area (Å²) < 4.78 is 0. The SMILES string of the molecule is CC1=CC(=O)C[C@]2(C1)C(=O)N(C)c1ccccc12. The van der Waals surface area contributed by atoms with Gasteiger partial charge in [0.2, 0.25) is 5.91 Å². The predicted octanol–water partition coefficient (Wildman–Crippen LogP) is 2.21. The first-order valence-electron chi connectivity index (χ1n) is 6.12. The Balaban J connectivity index is 2.21. The number of ketones is 1. The molecule has 1 heterocycles. The highest BCUT2D eigenvalue weighted by molar-refractivity contribution is 6.11. The van der Waals surface area contributed by atoms with Crippen LogP contribution in [-0.4, -0.2) is 18.7 Å². The fourth-order valence-corrected chi connectivity index (χ4v) is 3.27. The van der Waals surface area contributed by atoms with Crippen LogP contribution in [0.3, 0.4) is 0 Å². The number of hydrogen-bond donors (Lipinski definition) is 0. The van der Waals surface area contributed by atoms with E-state index >= 15 is 0 Å². The molecule has 1 aromatic carbocycles. The Morgan fingerprint density at radius 2 is 1.89 bits per heavy atom. The van der Waals surface area contributed by atoms with Crippen LogP contribution in [0.5, 0.6) is 0 Å². The van der Waals surface area contributed by atoms with Crippen molar-refractivity contribution in [2.45, 2.75) is 25.2 Å². The summed E-state index contributed by atoms with van der Waals surface area (Å²) >= 11 is 0. The van der Waals surface area contributed by atoms with Gasteiger partial charge in [-0.25, -0.2) is 0 Å². The molecule has 0 saturated carbocycles. The van der Waals surface area contributed by atoms with Gasteiger partial charge >= 0.3 is 0 Å². The van der Waals surface area contributed by atoms with E-state index in [4.69, 9.17) is 0 Å². The van der Waals surface area contributed by atoms with Gasteiger partial charge in [0.1, 0.15) is 0 Å². The first-order valence-corrected chi connectivity index (χ1v) is 6.12. The van der Waals surface area contributed by atoms with Crippen molar-refractivity contribution in [3.05, 3.63) is 41.5 Å². The van der Waals surface area contributed by atoms with E-state index in [1.807, 2.05) is 31.2 Å². The van der Waals surface area contributed by atoms with E-state index in [0.717, 1.165) is 16.8 Å². The Hall–Kier alpha value is -1.90. The molecule has 3 nitrogen and oxygen atoms in total. The fraction of sp³-hybridized carbons (Fsp3) is 0.333. The van der Waals surface area contributed by atoms with Gasteiger partial charge in [0, 0.05) is 19.2 Å². The van der Waals surface area contributed by atoms with Crippen molar-refractivity contribution in [2.24, 2.45) is 0 Å². The molecular weight excluding hydrogens is 226 g/mol. The second-order valence-electron chi connectivity index (χ2n) is 5.27. The molecule has 1 atom stereocenters. The van der Waals surface area contributed by atoms with Gasteiger partial charge in [0.25, 0.3) is 0 Å². The number of nitrogens with zero attached hydrogens (tertiary/aromatic N) is 1. The normalized spacial score (nSPS) is 26.6. The number of hydrogen-bond acceptors (Lipinski definition) is 2. The molecule has 0 unspecified atom stereocenters. The molecule has 3 heteroatoms. The zero-order valence-corrected chi connectivity index (χ0v) is 10.6. The molecule has 1 aliphatic carbocycles. The molecule has 0 N–H and O–H groups in total. The molecule has 0 fully saturated rings. The van der Waals surface area contributed by atoms with Gasteiger partial charge in [-0.3, -0.25) is 9.59 Å². The number of fused-ring (bicyclic) bond motifs is 2. The zero-order chi connectivity index (χ0) is 12.9. The molecule has 92 valence electrons. The average molecular weight is 241 g/mol. The maximum Gasteiger partial charge on any atom is 0.238 e. The quantitative estimate of drug-likeness (QED) is 0.698. The van der Waals surface area contributed by atoms with E-state index < -0.39 is 5.41 Å². The highest BCUT2D eigenvalue weighted by Crippen LogP contribution is 2.48. The van der Waals surface area contributed by atoms with Crippen LogP contribution in [0.1, 0.15) is 25.3 Å². The fourth-order valence-electron chi connectivity index (χ4n) is 3.27. The minimum absolute atomic E-state index is 0.0458. The summed E-state index contributed by atoms with van der Waals surface area (Å²) in [5, 5.41) is 0. The monoisotopic (exact) mass is 241 g/mol. The summed E-state index contributed by atoms with van der Waals surface area (Å²) in [7, 11) is 1.79. The van der Waals surface area contributed by atoms with Crippen LogP contribution in [-0.2, 0) is 15.0 Å². The summed E-state index contributed by atoms with van der Waals surface area (Å²) in [5.41, 5.74) is 2.27. The van der Waals surface area contributed by atoms with Crippen molar-refractivity contribution < 1.29 is 9.59 Å². The molecule has 0 bridgehead atoms. The number of benzene rings is 1. The molecule has 1 amide bonds. The number of allylic oxidation sites excluding steroid dienone is 2. The van der Waals surface area contributed by atoms with Crippen molar-refractivity contribution in [1.29, 1.82) is 0 Å². The first-order chi connectivity index (χ1) is 8.54. The number of amides is 1. The highest BCUT2D eigenvalue weighted by Gasteiger charge is 2.51. The first kappa shape index (κ1) is 11.2. The lowest BCUT2D eigenvalue weighted by Gasteiger charge is -2.30. The number of anilines is 1. The lowest BCUT2D eigenvalue weighted by molar-refractivity contribution is -0.127. The highest BCUT2D eigenvalue weighted by atomic mass is 16.2. The second kappa shape index (κ2) is 3.55. The van der Waals surface area contributed by atoms with E-state index in [0.29, 0.717) is 12.8 Å². The maximum atomic E-state index is 12.6. The lowest BCUT2D eigenvalue weighted by Crippen LogP contribution is -2.42. The number of rotatable bonds is 0. The summed E-state index contributed by atoms with van der Waals surface area (Å²) in [6, 6.07) is 7.78. The van der Waals surface area contributed by atoms with Crippen LogP contribution in [0.15, 0.2) is 35.9 Å². The second-order valence-corrected chi connectivity index (χ2v) is 5.27. The average Bonchev–Trinajstić information content (AvgIpc) is 2.52. The molecule has 2 aliphatic rings. The van der Waals surface area contributed by atoms with Crippen LogP contribution < -0.4 is 4.90 Å². The lowest BCUT2D eigenvalue weighted by atomic mass is 9.70. The molecule has 0 aromatic heterocycles. The Bertz CT molecular complexity index is 588. The van der Waals surface area contributed by atoms with Crippen LogP contribution in [0.4, 0.5) is 5.69 Å². The van der Waals surface area contributed by atoms with Gasteiger partial charge in [-0.15, -0.1) is 0 Å².